The molecular weight excluding hydrogens is 280 g/mol. The van der Waals surface area contributed by atoms with Gasteiger partial charge in [0, 0.05) is 12.3 Å². The number of carbonyl (C=O) groups is 1. The highest BCUT2D eigenvalue weighted by atomic mass is 19.1. The molecule has 0 aliphatic carbocycles. The number of carbonyl (C=O) groups excluding carboxylic acids is 1. The fraction of sp³-hybridized carbons (Fsp3) is 0.286. The van der Waals surface area contributed by atoms with Crippen LogP contribution in [0.2, 0.25) is 0 Å². The number of hydrogen-bond donors (Lipinski definition) is 2. The van der Waals surface area contributed by atoms with Gasteiger partial charge in [-0.15, -0.1) is 0 Å². The zero-order valence-corrected chi connectivity index (χ0v) is 11.4. The van der Waals surface area contributed by atoms with Crippen LogP contribution in [0.4, 0.5) is 8.78 Å². The summed E-state index contributed by atoms with van der Waals surface area (Å²) in [6.45, 7) is 1.67. The zero-order valence-electron chi connectivity index (χ0n) is 11.4. The normalized spacial score (nSPS) is 12.2. The van der Waals surface area contributed by atoms with Gasteiger partial charge in [0.2, 0.25) is 0 Å². The van der Waals surface area contributed by atoms with Crippen LogP contribution in [0, 0.1) is 11.6 Å². The Labute approximate surface area is 120 Å². The van der Waals surface area contributed by atoms with Crippen LogP contribution in [0.3, 0.4) is 0 Å². The SMILES string of the molecule is CCC(CO)NC(=O)c1cnn(-c2ccc(F)cc2F)c1. The van der Waals surface area contributed by atoms with E-state index in [1.807, 2.05) is 6.92 Å². The summed E-state index contributed by atoms with van der Waals surface area (Å²) in [6, 6.07) is 2.75. The first-order valence-electron chi connectivity index (χ1n) is 6.47. The molecule has 0 spiro atoms. The first-order chi connectivity index (χ1) is 10.0. The average molecular weight is 295 g/mol. The van der Waals surface area contributed by atoms with Gasteiger partial charge in [-0.25, -0.2) is 13.5 Å². The molecule has 0 fully saturated rings. The van der Waals surface area contributed by atoms with E-state index in [2.05, 4.69) is 10.4 Å². The number of amides is 1. The van der Waals surface area contributed by atoms with Crippen LogP contribution >= 0.6 is 0 Å². The van der Waals surface area contributed by atoms with Gasteiger partial charge in [0.1, 0.15) is 11.5 Å². The molecule has 0 aliphatic rings. The monoisotopic (exact) mass is 295 g/mol. The molecular formula is C14H15F2N3O2. The van der Waals surface area contributed by atoms with E-state index in [1.54, 1.807) is 0 Å². The Morgan fingerprint density at radius 1 is 1.48 bits per heavy atom. The second kappa shape index (κ2) is 6.45. The van der Waals surface area contributed by atoms with Crippen molar-refractivity contribution < 1.29 is 18.7 Å². The Bertz CT molecular complexity index is 639. The van der Waals surface area contributed by atoms with Gasteiger partial charge in [0.25, 0.3) is 5.91 Å². The number of nitrogens with one attached hydrogen (secondary N) is 1. The molecule has 0 saturated carbocycles. The molecule has 21 heavy (non-hydrogen) atoms. The number of benzene rings is 1. The Hall–Kier alpha value is -2.28. The maximum Gasteiger partial charge on any atom is 0.254 e. The molecule has 1 amide bonds. The lowest BCUT2D eigenvalue weighted by atomic mass is 10.2. The lowest BCUT2D eigenvalue weighted by molar-refractivity contribution is 0.0915. The van der Waals surface area contributed by atoms with Crippen molar-refractivity contribution in [1.29, 1.82) is 0 Å². The minimum absolute atomic E-state index is 0.0460. The van der Waals surface area contributed by atoms with Gasteiger partial charge in [-0.3, -0.25) is 4.79 Å². The Morgan fingerprint density at radius 3 is 2.86 bits per heavy atom. The lowest BCUT2D eigenvalue weighted by Gasteiger charge is -2.12. The smallest absolute Gasteiger partial charge is 0.254 e. The largest absolute Gasteiger partial charge is 0.394 e. The molecule has 0 aliphatic heterocycles. The van der Waals surface area contributed by atoms with E-state index in [0.717, 1.165) is 16.8 Å². The Kier molecular flexibility index (Phi) is 4.64. The zero-order chi connectivity index (χ0) is 15.4. The molecule has 1 unspecified atom stereocenters. The summed E-state index contributed by atoms with van der Waals surface area (Å²) in [5, 5.41) is 15.6. The third kappa shape index (κ3) is 3.43. The summed E-state index contributed by atoms with van der Waals surface area (Å²) in [5.74, 6) is -1.87. The molecule has 2 rings (SSSR count). The van der Waals surface area contributed by atoms with Crippen LogP contribution in [0.25, 0.3) is 5.69 Å². The molecule has 1 heterocycles. The van der Waals surface area contributed by atoms with Crippen LogP contribution in [0.15, 0.2) is 30.6 Å². The molecule has 5 nitrogen and oxygen atoms in total. The number of aliphatic hydroxyl groups excluding tert-OH is 1. The summed E-state index contributed by atoms with van der Waals surface area (Å²) in [6.07, 6.45) is 3.21. The van der Waals surface area contributed by atoms with Crippen molar-refractivity contribution in [3.05, 3.63) is 47.8 Å². The average Bonchev–Trinajstić information content (AvgIpc) is 2.94. The first-order valence-corrected chi connectivity index (χ1v) is 6.47. The molecule has 1 aromatic carbocycles. The second-order valence-corrected chi connectivity index (χ2v) is 4.53. The van der Waals surface area contributed by atoms with Crippen molar-refractivity contribution in [3.8, 4) is 5.69 Å². The van der Waals surface area contributed by atoms with Crippen LogP contribution in [-0.4, -0.2) is 33.4 Å². The molecule has 7 heteroatoms. The van der Waals surface area contributed by atoms with Gasteiger partial charge in [0.05, 0.1) is 24.4 Å². The van der Waals surface area contributed by atoms with Gasteiger partial charge in [-0.2, -0.15) is 5.10 Å². The summed E-state index contributed by atoms with van der Waals surface area (Å²) in [5.41, 5.74) is 0.273. The molecule has 0 saturated heterocycles. The number of halogens is 2. The highest BCUT2D eigenvalue weighted by Crippen LogP contribution is 2.14. The van der Waals surface area contributed by atoms with Crippen LogP contribution in [-0.2, 0) is 0 Å². The number of nitrogens with zero attached hydrogens (tertiary/aromatic N) is 2. The van der Waals surface area contributed by atoms with Crippen molar-refractivity contribution in [1.82, 2.24) is 15.1 Å². The molecule has 2 N–H and O–H groups in total. The summed E-state index contributed by atoms with van der Waals surface area (Å²) < 4.78 is 27.6. The highest BCUT2D eigenvalue weighted by Gasteiger charge is 2.14. The summed E-state index contributed by atoms with van der Waals surface area (Å²) in [7, 11) is 0. The standard InChI is InChI=1S/C14H15F2N3O2/c1-2-11(8-20)18-14(21)9-6-17-19(7-9)13-4-3-10(15)5-12(13)16/h3-7,11,20H,2,8H2,1H3,(H,18,21). The van der Waals surface area contributed by atoms with E-state index >= 15 is 0 Å². The maximum atomic E-state index is 13.6. The predicted octanol–water partition coefficient (Wildman–Crippen LogP) is 1.65. The quantitative estimate of drug-likeness (QED) is 0.881. The second-order valence-electron chi connectivity index (χ2n) is 4.53. The maximum absolute atomic E-state index is 13.6. The van der Waals surface area contributed by atoms with Gasteiger partial charge < -0.3 is 10.4 Å². The molecule has 1 atom stereocenters. The van der Waals surface area contributed by atoms with Crippen molar-refractivity contribution >= 4 is 5.91 Å². The molecule has 2 aromatic rings. The van der Waals surface area contributed by atoms with E-state index in [4.69, 9.17) is 5.11 Å². The third-order valence-corrected chi connectivity index (χ3v) is 3.05. The van der Waals surface area contributed by atoms with E-state index in [9.17, 15) is 13.6 Å². The number of rotatable bonds is 5. The fourth-order valence-corrected chi connectivity index (χ4v) is 1.78. The van der Waals surface area contributed by atoms with Gasteiger partial charge in [-0.1, -0.05) is 6.92 Å². The number of hydrogen-bond acceptors (Lipinski definition) is 3. The van der Waals surface area contributed by atoms with Crippen molar-refractivity contribution in [2.45, 2.75) is 19.4 Å². The Morgan fingerprint density at radius 2 is 2.24 bits per heavy atom. The number of aliphatic hydroxyl groups is 1. The third-order valence-electron chi connectivity index (χ3n) is 3.05. The molecule has 0 radical (unpaired) electrons. The molecule has 112 valence electrons. The van der Waals surface area contributed by atoms with Crippen molar-refractivity contribution in [3.63, 3.8) is 0 Å². The first kappa shape index (κ1) is 15.1. The molecule has 0 bridgehead atoms. The fourth-order valence-electron chi connectivity index (χ4n) is 1.78. The molecule has 1 aromatic heterocycles. The number of aromatic nitrogens is 2. The van der Waals surface area contributed by atoms with Crippen molar-refractivity contribution in [2.75, 3.05) is 6.61 Å². The van der Waals surface area contributed by atoms with Crippen LogP contribution < -0.4 is 5.32 Å². The lowest BCUT2D eigenvalue weighted by Crippen LogP contribution is -2.36. The topological polar surface area (TPSA) is 67.2 Å². The van der Waals surface area contributed by atoms with Gasteiger partial charge in [0.15, 0.2) is 5.82 Å². The Balaban J connectivity index is 2.19. The van der Waals surface area contributed by atoms with E-state index in [-0.39, 0.29) is 23.9 Å². The van der Waals surface area contributed by atoms with Crippen molar-refractivity contribution in [2.24, 2.45) is 0 Å². The van der Waals surface area contributed by atoms with Gasteiger partial charge >= 0.3 is 0 Å². The van der Waals surface area contributed by atoms with E-state index < -0.39 is 17.5 Å². The summed E-state index contributed by atoms with van der Waals surface area (Å²) in [4.78, 5) is 11.9. The minimum Gasteiger partial charge on any atom is -0.394 e. The highest BCUT2D eigenvalue weighted by molar-refractivity contribution is 5.94. The van der Waals surface area contributed by atoms with Gasteiger partial charge in [-0.05, 0) is 18.6 Å². The van der Waals surface area contributed by atoms with E-state index in [1.165, 1.54) is 18.5 Å². The van der Waals surface area contributed by atoms with Crippen LogP contribution in [0.1, 0.15) is 23.7 Å². The predicted molar refractivity (Wildman–Crippen MR) is 72.1 cm³/mol. The minimum atomic E-state index is -0.771. The van der Waals surface area contributed by atoms with E-state index in [0.29, 0.717) is 6.42 Å². The van der Waals surface area contributed by atoms with Crippen LogP contribution in [0.5, 0.6) is 0 Å². The summed E-state index contributed by atoms with van der Waals surface area (Å²) >= 11 is 0.